The zero-order valence-corrected chi connectivity index (χ0v) is 16.2. The van der Waals surface area contributed by atoms with Gasteiger partial charge in [0.1, 0.15) is 0 Å². The number of likely N-dealkylation sites (tertiary alicyclic amines) is 1. The van der Waals surface area contributed by atoms with Crippen molar-refractivity contribution >= 4 is 16.8 Å². The molecule has 2 aromatic rings. The van der Waals surface area contributed by atoms with Crippen LogP contribution in [0.5, 0.6) is 0 Å². The largest absolute Gasteiger partial charge is 0.391 e. The maximum Gasteiger partial charge on any atom is 0.225 e. The van der Waals surface area contributed by atoms with Gasteiger partial charge in [-0.15, -0.1) is 0 Å². The van der Waals surface area contributed by atoms with Crippen LogP contribution in [0.1, 0.15) is 44.6 Å². The molecule has 0 radical (unpaired) electrons. The summed E-state index contributed by atoms with van der Waals surface area (Å²) in [6.45, 7) is 3.40. The van der Waals surface area contributed by atoms with Gasteiger partial charge in [-0.3, -0.25) is 9.78 Å². The quantitative estimate of drug-likeness (QED) is 0.895. The smallest absolute Gasteiger partial charge is 0.225 e. The van der Waals surface area contributed by atoms with Gasteiger partial charge in [0.2, 0.25) is 5.91 Å². The second-order valence-corrected chi connectivity index (χ2v) is 8.39. The minimum absolute atomic E-state index is 0.103. The molecule has 0 bridgehead atoms. The molecule has 1 saturated carbocycles. The van der Waals surface area contributed by atoms with E-state index in [4.69, 9.17) is 0 Å². The molecule has 27 heavy (non-hydrogen) atoms. The Bertz CT molecular complexity index is 793. The standard InChI is InChI=1S/C23H30N2O2/c1-2-16-7-9-17(10-8-16)23(27)25-14-19(22(26)15-25)13-18-11-12-24-21-6-4-3-5-20(18)21/h3-6,11-12,16-17,19,22,26H,2,7-10,13-15H2,1H3. The average Bonchev–Trinajstić information content (AvgIpc) is 3.08. The average molecular weight is 367 g/mol. The highest BCUT2D eigenvalue weighted by molar-refractivity contribution is 5.82. The van der Waals surface area contributed by atoms with E-state index in [0.29, 0.717) is 13.1 Å². The van der Waals surface area contributed by atoms with Gasteiger partial charge in [0.05, 0.1) is 11.6 Å². The van der Waals surface area contributed by atoms with E-state index in [1.54, 1.807) is 0 Å². The Hall–Kier alpha value is -1.94. The van der Waals surface area contributed by atoms with Crippen molar-refractivity contribution in [2.24, 2.45) is 17.8 Å². The Kier molecular flexibility index (Phi) is 5.44. The monoisotopic (exact) mass is 366 g/mol. The number of para-hydroxylation sites is 1. The lowest BCUT2D eigenvalue weighted by Gasteiger charge is -2.30. The van der Waals surface area contributed by atoms with E-state index in [0.717, 1.165) is 36.1 Å². The summed E-state index contributed by atoms with van der Waals surface area (Å²) < 4.78 is 0. The molecule has 1 amide bonds. The Morgan fingerprint density at radius 2 is 1.93 bits per heavy atom. The topological polar surface area (TPSA) is 53.4 Å². The number of fused-ring (bicyclic) bond motifs is 1. The van der Waals surface area contributed by atoms with Gasteiger partial charge in [-0.05, 0) is 55.7 Å². The fourth-order valence-electron chi connectivity index (χ4n) is 4.93. The summed E-state index contributed by atoms with van der Waals surface area (Å²) in [5, 5.41) is 11.8. The van der Waals surface area contributed by atoms with Crippen molar-refractivity contribution in [2.45, 2.75) is 51.6 Å². The number of aromatic nitrogens is 1. The van der Waals surface area contributed by atoms with Crippen molar-refractivity contribution in [1.82, 2.24) is 9.88 Å². The molecule has 2 unspecified atom stereocenters. The molecule has 1 aromatic heterocycles. The first-order valence-electron chi connectivity index (χ1n) is 10.4. The van der Waals surface area contributed by atoms with Crippen LogP contribution in [-0.4, -0.2) is 40.1 Å². The van der Waals surface area contributed by atoms with Gasteiger partial charge in [0.15, 0.2) is 0 Å². The number of aliphatic hydroxyl groups excluding tert-OH is 1. The zero-order chi connectivity index (χ0) is 18.8. The molecule has 2 atom stereocenters. The van der Waals surface area contributed by atoms with Crippen LogP contribution in [0, 0.1) is 17.8 Å². The molecule has 4 heteroatoms. The van der Waals surface area contributed by atoms with Gasteiger partial charge in [0.25, 0.3) is 0 Å². The lowest BCUT2D eigenvalue weighted by Crippen LogP contribution is -2.36. The SMILES string of the molecule is CCC1CCC(C(=O)N2CC(O)C(Cc3ccnc4ccccc34)C2)CC1. The number of pyridine rings is 1. The molecule has 1 aliphatic heterocycles. The summed E-state index contributed by atoms with van der Waals surface area (Å²) in [5.74, 6) is 1.34. The number of aliphatic hydroxyl groups is 1. The molecule has 4 rings (SSSR count). The number of hydrogen-bond donors (Lipinski definition) is 1. The highest BCUT2D eigenvalue weighted by atomic mass is 16.3. The summed E-state index contributed by atoms with van der Waals surface area (Å²) in [5.41, 5.74) is 2.20. The van der Waals surface area contributed by atoms with E-state index in [9.17, 15) is 9.90 Å². The predicted molar refractivity (Wildman–Crippen MR) is 107 cm³/mol. The van der Waals surface area contributed by atoms with Crippen LogP contribution in [0.2, 0.25) is 0 Å². The molecule has 1 saturated heterocycles. The van der Waals surface area contributed by atoms with Crippen molar-refractivity contribution in [2.75, 3.05) is 13.1 Å². The highest BCUT2D eigenvalue weighted by Crippen LogP contribution is 2.33. The number of hydrogen-bond acceptors (Lipinski definition) is 3. The number of benzene rings is 1. The van der Waals surface area contributed by atoms with Gasteiger partial charge in [-0.1, -0.05) is 31.5 Å². The lowest BCUT2D eigenvalue weighted by molar-refractivity contribution is -0.136. The minimum Gasteiger partial charge on any atom is -0.391 e. The van der Waals surface area contributed by atoms with Crippen LogP contribution in [-0.2, 0) is 11.2 Å². The second-order valence-electron chi connectivity index (χ2n) is 8.39. The van der Waals surface area contributed by atoms with Crippen LogP contribution in [0.3, 0.4) is 0 Å². The van der Waals surface area contributed by atoms with Crippen molar-refractivity contribution < 1.29 is 9.90 Å². The molecule has 1 N–H and O–H groups in total. The molecular formula is C23H30N2O2. The maximum atomic E-state index is 13.0. The third kappa shape index (κ3) is 3.86. The summed E-state index contributed by atoms with van der Waals surface area (Å²) in [6, 6.07) is 10.2. The van der Waals surface area contributed by atoms with Crippen molar-refractivity contribution in [3.05, 3.63) is 42.1 Å². The molecule has 1 aromatic carbocycles. The zero-order valence-electron chi connectivity index (χ0n) is 16.2. The molecule has 2 heterocycles. The third-order valence-corrected chi connectivity index (χ3v) is 6.71. The van der Waals surface area contributed by atoms with Crippen LogP contribution in [0.4, 0.5) is 0 Å². The number of nitrogens with zero attached hydrogens (tertiary/aromatic N) is 2. The van der Waals surface area contributed by atoms with E-state index in [2.05, 4.69) is 18.0 Å². The van der Waals surface area contributed by atoms with Crippen molar-refractivity contribution in [3.8, 4) is 0 Å². The Balaban J connectivity index is 1.42. The number of β-amino-alcohol motifs (C(OH)–C–C–N with tert-alkyl or cyclic N) is 1. The van der Waals surface area contributed by atoms with Crippen molar-refractivity contribution in [1.29, 1.82) is 0 Å². The predicted octanol–water partition coefficient (Wildman–Crippen LogP) is 3.81. The minimum atomic E-state index is -0.437. The third-order valence-electron chi connectivity index (χ3n) is 6.71. The lowest BCUT2D eigenvalue weighted by atomic mass is 9.80. The fourth-order valence-corrected chi connectivity index (χ4v) is 4.93. The molecule has 2 fully saturated rings. The number of carbonyl (C=O) groups excluding carboxylic acids is 1. The molecule has 2 aliphatic rings. The fraction of sp³-hybridized carbons (Fsp3) is 0.565. The van der Waals surface area contributed by atoms with E-state index < -0.39 is 6.10 Å². The normalized spacial score (nSPS) is 28.6. The molecule has 144 valence electrons. The van der Waals surface area contributed by atoms with E-state index in [1.807, 2.05) is 35.4 Å². The number of rotatable bonds is 4. The van der Waals surface area contributed by atoms with Crippen LogP contribution in [0.15, 0.2) is 36.5 Å². The molecule has 4 nitrogen and oxygen atoms in total. The second kappa shape index (κ2) is 7.97. The van der Waals surface area contributed by atoms with E-state index in [1.165, 1.54) is 24.8 Å². The Labute approximate surface area is 161 Å². The highest BCUT2D eigenvalue weighted by Gasteiger charge is 2.37. The van der Waals surface area contributed by atoms with Gasteiger partial charge in [0, 0.05) is 36.5 Å². The van der Waals surface area contributed by atoms with Gasteiger partial charge in [-0.2, -0.15) is 0 Å². The van der Waals surface area contributed by atoms with Gasteiger partial charge in [-0.25, -0.2) is 0 Å². The first kappa shape index (κ1) is 18.4. The Morgan fingerprint density at radius 1 is 1.15 bits per heavy atom. The molecule has 1 aliphatic carbocycles. The van der Waals surface area contributed by atoms with E-state index >= 15 is 0 Å². The first-order valence-corrected chi connectivity index (χ1v) is 10.4. The number of carbonyl (C=O) groups is 1. The Morgan fingerprint density at radius 3 is 2.70 bits per heavy atom. The summed E-state index contributed by atoms with van der Waals surface area (Å²) >= 11 is 0. The number of amides is 1. The van der Waals surface area contributed by atoms with Crippen LogP contribution < -0.4 is 0 Å². The first-order chi connectivity index (χ1) is 13.2. The molecule has 0 spiro atoms. The summed E-state index contributed by atoms with van der Waals surface area (Å²) in [6.07, 6.45) is 7.81. The summed E-state index contributed by atoms with van der Waals surface area (Å²) in [7, 11) is 0. The maximum absolute atomic E-state index is 13.0. The summed E-state index contributed by atoms with van der Waals surface area (Å²) in [4.78, 5) is 19.3. The van der Waals surface area contributed by atoms with E-state index in [-0.39, 0.29) is 17.7 Å². The van der Waals surface area contributed by atoms with Crippen LogP contribution in [0.25, 0.3) is 10.9 Å². The van der Waals surface area contributed by atoms with Gasteiger partial charge < -0.3 is 10.0 Å². The van der Waals surface area contributed by atoms with Crippen LogP contribution >= 0.6 is 0 Å². The van der Waals surface area contributed by atoms with Gasteiger partial charge >= 0.3 is 0 Å². The molecular weight excluding hydrogens is 336 g/mol. The van der Waals surface area contributed by atoms with Crippen molar-refractivity contribution in [3.63, 3.8) is 0 Å².